The van der Waals surface area contributed by atoms with Gasteiger partial charge in [-0.3, -0.25) is 0 Å². The minimum Gasteiger partial charge on any atom is -0.311 e. The average Bonchev–Trinajstić information content (AvgIpc) is 1.18. The molecule has 0 unspecified atom stereocenters. The molecule has 8 aromatic rings. The monoisotopic (exact) mass is 1200 g/mol. The van der Waals surface area contributed by atoms with Crippen LogP contribution in [0, 0.1) is 0 Å². The second kappa shape index (κ2) is 19.6. The van der Waals surface area contributed by atoms with Gasteiger partial charge < -0.3 is 14.7 Å². The lowest BCUT2D eigenvalue weighted by molar-refractivity contribution is 0.332. The van der Waals surface area contributed by atoms with Crippen molar-refractivity contribution in [3.8, 4) is 11.1 Å². The van der Waals surface area contributed by atoms with Gasteiger partial charge in [-0.1, -0.05) is 232 Å². The minimum absolute atomic E-state index is 0.000164. The Morgan fingerprint density at radius 3 is 1.22 bits per heavy atom. The van der Waals surface area contributed by atoms with Crippen LogP contribution in [-0.2, 0) is 54.1 Å². The number of nitrogens with zero attached hydrogens (tertiary/aromatic N) is 3. The molecule has 0 aromatic heterocycles. The van der Waals surface area contributed by atoms with E-state index in [1.165, 1.54) is 129 Å². The summed E-state index contributed by atoms with van der Waals surface area (Å²) < 4.78 is 0. The van der Waals surface area contributed by atoms with Crippen molar-refractivity contribution in [2.75, 3.05) is 14.7 Å². The van der Waals surface area contributed by atoms with Crippen molar-refractivity contribution >= 4 is 74.3 Å². The molecule has 3 nitrogen and oxygen atoms in total. The van der Waals surface area contributed by atoms with Crippen LogP contribution in [0.15, 0.2) is 140 Å². The van der Waals surface area contributed by atoms with Gasteiger partial charge in [0.05, 0.1) is 11.4 Å². The van der Waals surface area contributed by atoms with Gasteiger partial charge in [0, 0.05) is 45.2 Å². The van der Waals surface area contributed by atoms with Gasteiger partial charge in [0.1, 0.15) is 0 Å². The normalized spacial score (nSPS) is 19.7. The molecule has 4 heteroatoms. The summed E-state index contributed by atoms with van der Waals surface area (Å²) >= 11 is 0. The Balaban J connectivity index is 1.18. The van der Waals surface area contributed by atoms with Crippen molar-refractivity contribution in [2.45, 2.75) is 252 Å². The highest BCUT2D eigenvalue weighted by Gasteiger charge is 2.51. The number of hydrogen-bond acceptors (Lipinski definition) is 3. The van der Waals surface area contributed by atoms with Crippen LogP contribution in [0.25, 0.3) is 11.1 Å². The van der Waals surface area contributed by atoms with Gasteiger partial charge in [-0.25, -0.2) is 0 Å². The zero-order chi connectivity index (χ0) is 65.2. The number of benzene rings is 8. The summed E-state index contributed by atoms with van der Waals surface area (Å²) in [7, 11) is 0. The van der Waals surface area contributed by atoms with Gasteiger partial charge in [-0.15, -0.1) is 0 Å². The van der Waals surface area contributed by atoms with Crippen molar-refractivity contribution in [2.24, 2.45) is 0 Å². The van der Waals surface area contributed by atoms with Crippen molar-refractivity contribution in [1.29, 1.82) is 0 Å². The fraction of sp³-hybridized carbons (Fsp3) is 0.448. The summed E-state index contributed by atoms with van der Waals surface area (Å²) in [5.74, 6) is 0. The van der Waals surface area contributed by atoms with Gasteiger partial charge >= 0.3 is 0 Å². The lowest BCUT2D eigenvalue weighted by atomic mass is 9.32. The largest absolute Gasteiger partial charge is 0.311 e. The molecule has 0 fully saturated rings. The quantitative estimate of drug-likeness (QED) is 0.159. The van der Waals surface area contributed by atoms with Gasteiger partial charge in [-0.05, 0) is 243 Å². The first-order valence-electron chi connectivity index (χ1n) is 34.8. The zero-order valence-corrected chi connectivity index (χ0v) is 59.9. The molecule has 470 valence electrons. The Bertz CT molecular complexity index is 4270. The van der Waals surface area contributed by atoms with Crippen LogP contribution < -0.4 is 31.1 Å². The predicted octanol–water partition coefficient (Wildman–Crippen LogP) is 22.5. The molecule has 8 aromatic carbocycles. The molecule has 2 aliphatic heterocycles. The Hall–Kier alpha value is -6.78. The molecule has 0 spiro atoms. The maximum absolute atomic E-state index is 2.84. The van der Waals surface area contributed by atoms with Crippen LogP contribution in [0.3, 0.4) is 0 Å². The molecule has 0 amide bonds. The second-order valence-electron chi connectivity index (χ2n) is 36.7. The first kappa shape index (κ1) is 61.7. The van der Waals surface area contributed by atoms with Crippen molar-refractivity contribution in [3.63, 3.8) is 0 Å². The topological polar surface area (TPSA) is 9.72 Å². The zero-order valence-electron chi connectivity index (χ0n) is 59.9. The summed E-state index contributed by atoms with van der Waals surface area (Å²) in [6.45, 7) is 56.6. The Kier molecular flexibility index (Phi) is 13.3. The molecule has 2 heterocycles. The third-order valence-corrected chi connectivity index (χ3v) is 24.0. The minimum atomic E-state index is -0.250. The van der Waals surface area contributed by atoms with Crippen LogP contribution in [0.1, 0.15) is 259 Å². The third kappa shape index (κ3) is 9.44. The highest BCUT2D eigenvalue weighted by molar-refractivity contribution is 7.00. The van der Waals surface area contributed by atoms with Gasteiger partial charge in [0.2, 0.25) is 0 Å². The van der Waals surface area contributed by atoms with E-state index < -0.39 is 0 Å². The molecule has 0 saturated carbocycles. The molecule has 0 N–H and O–H groups in total. The second-order valence-corrected chi connectivity index (χ2v) is 36.7. The van der Waals surface area contributed by atoms with E-state index in [2.05, 4.69) is 313 Å². The molecule has 91 heavy (non-hydrogen) atoms. The molecule has 4 aliphatic carbocycles. The highest BCUT2D eigenvalue weighted by atomic mass is 15.2. The number of anilines is 9. The standard InChI is InChI=1S/C87H104BN3/c1-78(2,3)53-28-32-55(33-29-53)89(56-34-30-54(31-35-56)79(4,5)6)58-47-73-77-74(48-58)91(70-39-37-60-59-26-24-25-27-61(59)87(22,23)75(60)76(70)80(7,8)9)72-52-67-65(84(16,17)43-45-86(67,20)21)50-69(72)88(77)68-49-64-66(85(18,19)44-42-83(64,14)15)51-71(68)90(73)57-36-38-62-63(46-57)82(12,13)41-40-81(62,10)11/h24-39,46-52H,40-45H2,1-23H3. The van der Waals surface area contributed by atoms with Crippen LogP contribution in [0.2, 0.25) is 0 Å². The first-order chi connectivity index (χ1) is 42.2. The van der Waals surface area contributed by atoms with E-state index in [1.807, 2.05) is 0 Å². The van der Waals surface area contributed by atoms with Crippen LogP contribution in [0.5, 0.6) is 0 Å². The highest BCUT2D eigenvalue weighted by Crippen LogP contribution is 2.60. The smallest absolute Gasteiger partial charge is 0.252 e. The SMILES string of the molecule is CC(C)(C)c1ccc(N(c2ccc(C(C)(C)C)cc2)c2cc3c4c(c2)N(c2ccc5c(c2C(C)(C)C)C(C)(C)c2ccccc2-5)c2cc5c(cc2B4c2cc4c(cc2N3c2ccc3c(c2)C(C)(C)CCC3(C)C)C(C)(C)CCC4(C)C)C(C)(C)CCC5(C)C)cc1. The summed E-state index contributed by atoms with van der Waals surface area (Å²) in [6.07, 6.45) is 6.91. The predicted molar refractivity (Wildman–Crippen MR) is 395 cm³/mol. The molecule has 6 aliphatic rings. The van der Waals surface area contributed by atoms with E-state index in [-0.39, 0.29) is 60.9 Å². The van der Waals surface area contributed by atoms with E-state index in [0.717, 1.165) is 49.2 Å². The molecule has 0 radical (unpaired) electrons. The lowest BCUT2D eigenvalue weighted by Gasteiger charge is -2.50. The number of rotatable bonds is 5. The molecule has 0 bridgehead atoms. The van der Waals surface area contributed by atoms with Crippen LogP contribution in [0.4, 0.5) is 51.2 Å². The molecule has 14 rings (SSSR count). The maximum Gasteiger partial charge on any atom is 0.252 e. The summed E-state index contributed by atoms with van der Waals surface area (Å²) in [5.41, 5.74) is 33.4. The van der Waals surface area contributed by atoms with Gasteiger partial charge in [-0.2, -0.15) is 0 Å². The third-order valence-electron chi connectivity index (χ3n) is 24.0. The Morgan fingerprint density at radius 2 is 0.758 bits per heavy atom. The van der Waals surface area contributed by atoms with Crippen molar-refractivity contribution in [1.82, 2.24) is 0 Å². The van der Waals surface area contributed by atoms with E-state index in [9.17, 15) is 0 Å². The van der Waals surface area contributed by atoms with E-state index in [0.29, 0.717) is 0 Å². The summed E-state index contributed by atoms with van der Waals surface area (Å²) in [4.78, 5) is 8.22. The lowest BCUT2D eigenvalue weighted by Crippen LogP contribution is -2.62. The molecular weight excluding hydrogens is 1100 g/mol. The summed E-state index contributed by atoms with van der Waals surface area (Å²) in [6, 6.07) is 57.4. The number of hydrogen-bond donors (Lipinski definition) is 0. The fourth-order valence-corrected chi connectivity index (χ4v) is 18.0. The number of fused-ring (bicyclic) bond motifs is 10. The van der Waals surface area contributed by atoms with Crippen molar-refractivity contribution in [3.05, 3.63) is 201 Å². The molecule has 0 saturated heterocycles. The molecule has 0 atom stereocenters. The van der Waals surface area contributed by atoms with E-state index >= 15 is 0 Å². The van der Waals surface area contributed by atoms with E-state index in [4.69, 9.17) is 0 Å². The fourth-order valence-electron chi connectivity index (χ4n) is 18.0. The Labute approximate surface area is 549 Å². The first-order valence-corrected chi connectivity index (χ1v) is 34.8. The van der Waals surface area contributed by atoms with Crippen LogP contribution >= 0.6 is 0 Å². The van der Waals surface area contributed by atoms with Crippen LogP contribution in [-0.4, -0.2) is 6.71 Å². The summed E-state index contributed by atoms with van der Waals surface area (Å²) in [5, 5.41) is 0. The Morgan fingerprint density at radius 1 is 0.341 bits per heavy atom. The van der Waals surface area contributed by atoms with E-state index in [1.54, 1.807) is 0 Å². The van der Waals surface area contributed by atoms with Gasteiger partial charge in [0.15, 0.2) is 0 Å². The molecular formula is C87H104BN3. The maximum atomic E-state index is 2.84. The van der Waals surface area contributed by atoms with Crippen molar-refractivity contribution < 1.29 is 0 Å². The average molecular weight is 1200 g/mol. The van der Waals surface area contributed by atoms with Gasteiger partial charge in [0.25, 0.3) is 6.71 Å².